The molecule has 2 heterocycles. The maximum atomic E-state index is 13.1. The number of amides is 1. The van der Waals surface area contributed by atoms with Crippen molar-refractivity contribution in [3.05, 3.63) is 65.8 Å². The van der Waals surface area contributed by atoms with E-state index in [4.69, 9.17) is 14.9 Å². The van der Waals surface area contributed by atoms with Crippen LogP contribution in [0.4, 0.5) is 5.69 Å². The SMILES string of the molecule is COC(=O)CN(Cc1ccccn1)C(=O)c1nc(-c2cccc(N)c2)oc1C. The molecule has 144 valence electrons. The quantitative estimate of drug-likeness (QED) is 0.516. The van der Waals surface area contributed by atoms with Crippen LogP contribution in [0.15, 0.2) is 53.1 Å². The number of ether oxygens (including phenoxy) is 1. The van der Waals surface area contributed by atoms with E-state index in [2.05, 4.69) is 9.97 Å². The van der Waals surface area contributed by atoms with Gasteiger partial charge in [-0.1, -0.05) is 12.1 Å². The minimum absolute atomic E-state index is 0.122. The molecule has 8 heteroatoms. The number of anilines is 1. The summed E-state index contributed by atoms with van der Waals surface area (Å²) in [5.74, 6) is -0.365. The Bertz CT molecular complexity index is 985. The molecule has 2 N–H and O–H groups in total. The van der Waals surface area contributed by atoms with E-state index in [9.17, 15) is 9.59 Å². The van der Waals surface area contributed by atoms with Crippen LogP contribution < -0.4 is 5.73 Å². The second-order valence-corrected chi connectivity index (χ2v) is 6.11. The Kier molecular flexibility index (Phi) is 5.69. The number of carbonyl (C=O) groups excluding carboxylic acids is 2. The monoisotopic (exact) mass is 380 g/mol. The predicted octanol–water partition coefficient (Wildman–Crippen LogP) is 2.44. The van der Waals surface area contributed by atoms with E-state index < -0.39 is 11.9 Å². The Hall–Kier alpha value is -3.68. The summed E-state index contributed by atoms with van der Waals surface area (Å²) in [5.41, 5.74) is 7.78. The molecule has 0 fully saturated rings. The molecule has 0 aliphatic carbocycles. The van der Waals surface area contributed by atoms with Gasteiger partial charge in [0, 0.05) is 17.4 Å². The average Bonchev–Trinajstić information content (AvgIpc) is 3.09. The molecule has 8 nitrogen and oxygen atoms in total. The van der Waals surface area contributed by atoms with E-state index in [1.807, 2.05) is 6.07 Å². The minimum Gasteiger partial charge on any atom is -0.468 e. The molecule has 0 radical (unpaired) electrons. The summed E-state index contributed by atoms with van der Waals surface area (Å²) in [6, 6.07) is 12.4. The summed E-state index contributed by atoms with van der Waals surface area (Å²) in [6.07, 6.45) is 1.62. The van der Waals surface area contributed by atoms with Gasteiger partial charge < -0.3 is 19.8 Å². The Labute approximate surface area is 162 Å². The van der Waals surface area contributed by atoms with Crippen molar-refractivity contribution in [2.24, 2.45) is 0 Å². The first kappa shape index (κ1) is 19.1. The number of esters is 1. The fourth-order valence-electron chi connectivity index (χ4n) is 2.65. The molecular weight excluding hydrogens is 360 g/mol. The van der Waals surface area contributed by atoms with Gasteiger partial charge in [-0.25, -0.2) is 4.98 Å². The maximum absolute atomic E-state index is 13.1. The van der Waals surface area contributed by atoms with Crippen LogP contribution in [0.25, 0.3) is 11.5 Å². The number of aryl methyl sites for hydroxylation is 1. The number of aromatic nitrogens is 2. The largest absolute Gasteiger partial charge is 0.468 e. The predicted molar refractivity (Wildman–Crippen MR) is 102 cm³/mol. The standard InChI is InChI=1S/C20H20N4O4/c1-13-18(23-19(28-13)14-6-5-7-15(21)10-14)20(26)24(12-17(25)27-2)11-16-8-3-4-9-22-16/h3-10H,11-12,21H2,1-2H3. The number of hydrogen-bond donors (Lipinski definition) is 1. The van der Waals surface area contributed by atoms with Crippen LogP contribution in [-0.4, -0.2) is 40.4 Å². The van der Waals surface area contributed by atoms with Gasteiger partial charge in [0.2, 0.25) is 5.89 Å². The third-order valence-corrected chi connectivity index (χ3v) is 4.05. The highest BCUT2D eigenvalue weighted by Crippen LogP contribution is 2.24. The zero-order valence-electron chi connectivity index (χ0n) is 15.6. The number of nitrogens with zero attached hydrogens (tertiary/aromatic N) is 3. The second kappa shape index (κ2) is 8.34. The molecule has 0 saturated heterocycles. The van der Waals surface area contributed by atoms with Crippen LogP contribution in [0.2, 0.25) is 0 Å². The van der Waals surface area contributed by atoms with Crippen LogP contribution in [0.1, 0.15) is 21.9 Å². The lowest BCUT2D eigenvalue weighted by Crippen LogP contribution is -2.36. The van der Waals surface area contributed by atoms with Crippen LogP contribution >= 0.6 is 0 Å². The number of nitrogens with two attached hydrogens (primary N) is 1. The topological polar surface area (TPSA) is 112 Å². The van der Waals surface area contributed by atoms with Crippen LogP contribution in [-0.2, 0) is 16.1 Å². The highest BCUT2D eigenvalue weighted by molar-refractivity contribution is 5.95. The van der Waals surface area contributed by atoms with Crippen LogP contribution in [0.5, 0.6) is 0 Å². The molecule has 0 aliphatic heterocycles. The van der Waals surface area contributed by atoms with Crippen molar-refractivity contribution in [3.63, 3.8) is 0 Å². The van der Waals surface area contributed by atoms with Gasteiger partial charge in [0.25, 0.3) is 5.91 Å². The number of hydrogen-bond acceptors (Lipinski definition) is 7. The summed E-state index contributed by atoms with van der Waals surface area (Å²) in [5, 5.41) is 0. The molecular formula is C20H20N4O4. The Morgan fingerprint density at radius 2 is 2.04 bits per heavy atom. The number of pyridine rings is 1. The normalized spacial score (nSPS) is 10.5. The summed E-state index contributed by atoms with van der Waals surface area (Å²) >= 11 is 0. The molecule has 28 heavy (non-hydrogen) atoms. The number of benzene rings is 1. The lowest BCUT2D eigenvalue weighted by molar-refractivity contribution is -0.141. The van der Waals surface area contributed by atoms with Gasteiger partial charge >= 0.3 is 5.97 Å². The van der Waals surface area contributed by atoms with Gasteiger partial charge in [0.15, 0.2) is 5.69 Å². The lowest BCUT2D eigenvalue weighted by Gasteiger charge is -2.20. The first-order valence-corrected chi connectivity index (χ1v) is 8.57. The van der Waals surface area contributed by atoms with Gasteiger partial charge in [0.05, 0.1) is 19.3 Å². The molecule has 3 rings (SSSR count). The highest BCUT2D eigenvalue weighted by atomic mass is 16.5. The van der Waals surface area contributed by atoms with E-state index in [0.29, 0.717) is 22.7 Å². The van der Waals surface area contributed by atoms with Crippen molar-refractivity contribution >= 4 is 17.6 Å². The van der Waals surface area contributed by atoms with Crippen molar-refractivity contribution < 1.29 is 18.7 Å². The summed E-state index contributed by atoms with van der Waals surface area (Å²) in [7, 11) is 1.27. The van der Waals surface area contributed by atoms with Gasteiger partial charge in [-0.05, 0) is 37.3 Å². The summed E-state index contributed by atoms with van der Waals surface area (Å²) < 4.78 is 10.4. The fraction of sp³-hybridized carbons (Fsp3) is 0.200. The molecule has 0 bridgehead atoms. The molecule has 2 aromatic heterocycles. The summed E-state index contributed by atoms with van der Waals surface area (Å²) in [4.78, 5) is 34.7. The zero-order valence-corrected chi connectivity index (χ0v) is 15.6. The van der Waals surface area contributed by atoms with Crippen molar-refractivity contribution in [1.29, 1.82) is 0 Å². The minimum atomic E-state index is -0.540. The van der Waals surface area contributed by atoms with E-state index in [1.165, 1.54) is 12.0 Å². The van der Waals surface area contributed by atoms with Crippen molar-refractivity contribution in [2.75, 3.05) is 19.4 Å². The van der Waals surface area contributed by atoms with Crippen molar-refractivity contribution in [2.45, 2.75) is 13.5 Å². The van der Waals surface area contributed by atoms with Gasteiger partial charge in [-0.2, -0.15) is 0 Å². The molecule has 0 aliphatic rings. The molecule has 0 spiro atoms. The van der Waals surface area contributed by atoms with Gasteiger partial charge in [0.1, 0.15) is 12.3 Å². The third-order valence-electron chi connectivity index (χ3n) is 4.05. The van der Waals surface area contributed by atoms with Crippen molar-refractivity contribution in [3.8, 4) is 11.5 Å². The number of oxazole rings is 1. The molecule has 1 aromatic carbocycles. The van der Waals surface area contributed by atoms with E-state index in [1.54, 1.807) is 49.5 Å². The Morgan fingerprint density at radius 1 is 1.21 bits per heavy atom. The Morgan fingerprint density at radius 3 is 2.71 bits per heavy atom. The number of rotatable bonds is 6. The van der Waals surface area contributed by atoms with Gasteiger partial charge in [-0.3, -0.25) is 14.6 Å². The molecule has 3 aromatic rings. The molecule has 1 amide bonds. The lowest BCUT2D eigenvalue weighted by atomic mass is 10.2. The first-order valence-electron chi connectivity index (χ1n) is 8.57. The second-order valence-electron chi connectivity index (χ2n) is 6.11. The summed E-state index contributed by atoms with van der Waals surface area (Å²) in [6.45, 7) is 1.55. The number of carbonyl (C=O) groups is 2. The smallest absolute Gasteiger partial charge is 0.325 e. The Balaban J connectivity index is 1.90. The van der Waals surface area contributed by atoms with Crippen molar-refractivity contribution in [1.82, 2.24) is 14.9 Å². The molecule has 0 atom stereocenters. The van der Waals surface area contributed by atoms with E-state index in [0.717, 1.165) is 0 Å². The van der Waals surface area contributed by atoms with Gasteiger partial charge in [-0.15, -0.1) is 0 Å². The third kappa shape index (κ3) is 4.35. The number of methoxy groups -OCH3 is 1. The zero-order chi connectivity index (χ0) is 20.1. The van der Waals surface area contributed by atoms with Crippen LogP contribution in [0, 0.1) is 6.92 Å². The first-order chi connectivity index (χ1) is 13.5. The van der Waals surface area contributed by atoms with E-state index in [-0.39, 0.29) is 24.7 Å². The maximum Gasteiger partial charge on any atom is 0.325 e. The average molecular weight is 380 g/mol. The fourth-order valence-corrected chi connectivity index (χ4v) is 2.65. The highest BCUT2D eigenvalue weighted by Gasteiger charge is 2.26. The molecule has 0 unspecified atom stereocenters. The van der Waals surface area contributed by atoms with Crippen LogP contribution in [0.3, 0.4) is 0 Å². The van der Waals surface area contributed by atoms with E-state index >= 15 is 0 Å². The molecule has 0 saturated carbocycles. The number of nitrogen functional groups attached to an aromatic ring is 1.